The summed E-state index contributed by atoms with van der Waals surface area (Å²) in [5.74, 6) is 0. The van der Waals surface area contributed by atoms with Crippen LogP contribution in [-0.2, 0) is 6.42 Å². The number of halogens is 2. The number of nitro groups is 1. The molecule has 0 saturated carbocycles. The average molecular weight is 376 g/mol. The molecule has 1 N–H and O–H groups in total. The molecular weight excluding hydrogens is 365 g/mol. The second-order valence-corrected chi connectivity index (χ2v) is 6.15. The summed E-state index contributed by atoms with van der Waals surface area (Å²) in [6.07, 6.45) is 0.324. The molecular formula is C17H11Cl2N3O3. The van der Waals surface area contributed by atoms with Crippen LogP contribution in [0.4, 0.5) is 5.69 Å². The molecule has 2 aromatic carbocycles. The molecule has 0 amide bonds. The van der Waals surface area contributed by atoms with Crippen molar-refractivity contribution in [2.75, 3.05) is 0 Å². The van der Waals surface area contributed by atoms with Crippen LogP contribution >= 0.6 is 23.2 Å². The zero-order chi connectivity index (χ0) is 18.0. The highest BCUT2D eigenvalue weighted by molar-refractivity contribution is 6.42. The molecule has 8 heteroatoms. The van der Waals surface area contributed by atoms with Gasteiger partial charge in [0.25, 0.3) is 11.2 Å². The van der Waals surface area contributed by atoms with Crippen LogP contribution in [0.2, 0.25) is 10.0 Å². The third-order valence-corrected chi connectivity index (χ3v) is 4.38. The first-order valence-electron chi connectivity index (χ1n) is 7.21. The van der Waals surface area contributed by atoms with Gasteiger partial charge in [0, 0.05) is 29.7 Å². The van der Waals surface area contributed by atoms with Crippen LogP contribution in [0.1, 0.15) is 11.1 Å². The molecule has 0 bridgehead atoms. The fourth-order valence-corrected chi connectivity index (χ4v) is 2.63. The molecule has 25 heavy (non-hydrogen) atoms. The van der Waals surface area contributed by atoms with Gasteiger partial charge in [-0.25, -0.2) is 5.10 Å². The lowest BCUT2D eigenvalue weighted by Crippen LogP contribution is -2.15. The van der Waals surface area contributed by atoms with Crippen molar-refractivity contribution in [2.45, 2.75) is 6.42 Å². The van der Waals surface area contributed by atoms with Gasteiger partial charge in [-0.05, 0) is 23.8 Å². The lowest BCUT2D eigenvalue weighted by molar-refractivity contribution is -0.384. The van der Waals surface area contributed by atoms with E-state index in [1.165, 1.54) is 12.1 Å². The standard InChI is InChI=1S/C17H11Cl2N3O3/c18-14-6-3-11(8-15(14)19)16-9-12(17(23)21-20-16)7-10-1-4-13(5-2-10)22(24)25/h1-6,8-9H,7H2,(H,21,23). The Bertz CT molecular complexity index is 1000. The second kappa shape index (κ2) is 7.04. The number of H-pyrrole nitrogens is 1. The molecule has 0 saturated heterocycles. The Morgan fingerprint density at radius 1 is 1.04 bits per heavy atom. The van der Waals surface area contributed by atoms with E-state index in [1.54, 1.807) is 36.4 Å². The SMILES string of the molecule is O=c1[nH]nc(-c2ccc(Cl)c(Cl)c2)cc1Cc1ccc([N+](=O)[O-])cc1. The molecule has 0 spiro atoms. The smallest absolute Gasteiger partial charge is 0.268 e. The molecule has 126 valence electrons. The van der Waals surface area contributed by atoms with Crippen molar-refractivity contribution < 1.29 is 4.92 Å². The Balaban J connectivity index is 1.92. The van der Waals surface area contributed by atoms with Crippen molar-refractivity contribution in [2.24, 2.45) is 0 Å². The van der Waals surface area contributed by atoms with E-state index in [2.05, 4.69) is 10.2 Å². The van der Waals surface area contributed by atoms with E-state index in [-0.39, 0.29) is 11.2 Å². The Morgan fingerprint density at radius 3 is 2.40 bits per heavy atom. The van der Waals surface area contributed by atoms with E-state index in [9.17, 15) is 14.9 Å². The molecule has 0 aliphatic rings. The van der Waals surface area contributed by atoms with Crippen LogP contribution in [-0.4, -0.2) is 15.1 Å². The van der Waals surface area contributed by atoms with Gasteiger partial charge in [-0.2, -0.15) is 5.10 Å². The molecule has 0 aliphatic carbocycles. The number of non-ortho nitro benzene ring substituents is 1. The Labute approximate surface area is 152 Å². The maximum atomic E-state index is 12.0. The third kappa shape index (κ3) is 3.87. The van der Waals surface area contributed by atoms with Gasteiger partial charge >= 0.3 is 0 Å². The van der Waals surface area contributed by atoms with Crippen molar-refractivity contribution in [1.82, 2.24) is 10.2 Å². The zero-order valence-corrected chi connectivity index (χ0v) is 14.2. The number of aromatic nitrogens is 2. The zero-order valence-electron chi connectivity index (χ0n) is 12.7. The van der Waals surface area contributed by atoms with E-state index in [4.69, 9.17) is 23.2 Å². The van der Waals surface area contributed by atoms with E-state index in [0.717, 1.165) is 11.1 Å². The van der Waals surface area contributed by atoms with Gasteiger partial charge in [-0.15, -0.1) is 0 Å². The number of benzene rings is 2. The second-order valence-electron chi connectivity index (χ2n) is 5.34. The molecule has 3 rings (SSSR count). The van der Waals surface area contributed by atoms with Gasteiger partial charge in [0.05, 0.1) is 20.7 Å². The molecule has 0 radical (unpaired) electrons. The fraction of sp³-hybridized carbons (Fsp3) is 0.0588. The summed E-state index contributed by atoms with van der Waals surface area (Å²) >= 11 is 11.9. The Hall–Kier alpha value is -2.70. The summed E-state index contributed by atoms with van der Waals surface area (Å²) in [6, 6.07) is 12.8. The lowest BCUT2D eigenvalue weighted by atomic mass is 10.0. The average Bonchev–Trinajstić information content (AvgIpc) is 2.60. The van der Waals surface area contributed by atoms with E-state index >= 15 is 0 Å². The third-order valence-electron chi connectivity index (χ3n) is 3.64. The van der Waals surface area contributed by atoms with Gasteiger partial charge in [-0.1, -0.05) is 41.4 Å². The van der Waals surface area contributed by atoms with E-state index < -0.39 is 4.92 Å². The molecule has 0 aliphatic heterocycles. The van der Waals surface area contributed by atoms with Crippen LogP contribution in [0.5, 0.6) is 0 Å². The van der Waals surface area contributed by atoms with Crippen LogP contribution in [0.15, 0.2) is 53.3 Å². The first-order valence-corrected chi connectivity index (χ1v) is 7.97. The van der Waals surface area contributed by atoms with Crippen molar-refractivity contribution in [3.63, 3.8) is 0 Å². The summed E-state index contributed by atoms with van der Waals surface area (Å²) in [4.78, 5) is 22.3. The number of nitro benzene ring substituents is 1. The minimum absolute atomic E-state index is 0.00360. The topological polar surface area (TPSA) is 88.9 Å². The molecule has 0 fully saturated rings. The maximum Gasteiger partial charge on any atom is 0.269 e. The summed E-state index contributed by atoms with van der Waals surface area (Å²) in [7, 11) is 0. The number of rotatable bonds is 4. The molecule has 6 nitrogen and oxygen atoms in total. The number of nitrogens with zero attached hydrogens (tertiary/aromatic N) is 2. The minimum Gasteiger partial charge on any atom is -0.268 e. The number of hydrogen-bond acceptors (Lipinski definition) is 4. The molecule has 1 heterocycles. The van der Waals surface area contributed by atoms with Gasteiger partial charge in [0.15, 0.2) is 0 Å². The van der Waals surface area contributed by atoms with Crippen LogP contribution in [0, 0.1) is 10.1 Å². The summed E-state index contributed by atoms with van der Waals surface area (Å²) < 4.78 is 0. The normalized spacial score (nSPS) is 10.6. The Morgan fingerprint density at radius 2 is 1.76 bits per heavy atom. The van der Waals surface area contributed by atoms with Gasteiger partial charge in [-0.3, -0.25) is 14.9 Å². The number of hydrogen-bond donors (Lipinski definition) is 1. The van der Waals surface area contributed by atoms with Crippen molar-refractivity contribution in [3.05, 3.63) is 90.2 Å². The number of aromatic amines is 1. The maximum absolute atomic E-state index is 12.0. The lowest BCUT2D eigenvalue weighted by Gasteiger charge is -2.05. The highest BCUT2D eigenvalue weighted by Gasteiger charge is 2.10. The predicted molar refractivity (Wildman–Crippen MR) is 96.2 cm³/mol. The van der Waals surface area contributed by atoms with Gasteiger partial charge < -0.3 is 0 Å². The largest absolute Gasteiger partial charge is 0.269 e. The highest BCUT2D eigenvalue weighted by atomic mass is 35.5. The summed E-state index contributed by atoms with van der Waals surface area (Å²) in [5.41, 5.74) is 2.23. The monoisotopic (exact) mass is 375 g/mol. The Kier molecular flexibility index (Phi) is 4.83. The molecule has 3 aromatic rings. The van der Waals surface area contributed by atoms with Gasteiger partial charge in [0.2, 0.25) is 0 Å². The number of nitrogens with one attached hydrogen (secondary N) is 1. The van der Waals surface area contributed by atoms with Gasteiger partial charge in [0.1, 0.15) is 0 Å². The summed E-state index contributed by atoms with van der Waals surface area (Å²) in [6.45, 7) is 0. The molecule has 0 atom stereocenters. The van der Waals surface area contributed by atoms with E-state index in [0.29, 0.717) is 27.7 Å². The van der Waals surface area contributed by atoms with E-state index in [1.807, 2.05) is 0 Å². The predicted octanol–water partition coefficient (Wildman–Crippen LogP) is 4.24. The van der Waals surface area contributed by atoms with Crippen molar-refractivity contribution in [1.29, 1.82) is 0 Å². The van der Waals surface area contributed by atoms with Crippen LogP contribution in [0.25, 0.3) is 11.3 Å². The fourth-order valence-electron chi connectivity index (χ4n) is 2.34. The quantitative estimate of drug-likeness (QED) is 0.545. The molecule has 1 aromatic heterocycles. The first kappa shape index (κ1) is 17.1. The van der Waals surface area contributed by atoms with Crippen molar-refractivity contribution in [3.8, 4) is 11.3 Å². The van der Waals surface area contributed by atoms with Crippen LogP contribution < -0.4 is 5.56 Å². The first-order chi connectivity index (χ1) is 11.9. The minimum atomic E-state index is -0.467. The summed E-state index contributed by atoms with van der Waals surface area (Å²) in [5, 5.41) is 18.0. The van der Waals surface area contributed by atoms with Crippen LogP contribution in [0.3, 0.4) is 0 Å². The van der Waals surface area contributed by atoms with Crippen molar-refractivity contribution >= 4 is 28.9 Å². The molecule has 0 unspecified atom stereocenters. The highest BCUT2D eigenvalue weighted by Crippen LogP contribution is 2.27.